The highest BCUT2D eigenvalue weighted by Gasteiger charge is 2.20. The summed E-state index contributed by atoms with van der Waals surface area (Å²) in [4.78, 5) is 22.7. The summed E-state index contributed by atoms with van der Waals surface area (Å²) in [6.07, 6.45) is 3.26. The van der Waals surface area contributed by atoms with Crippen molar-refractivity contribution in [3.8, 4) is 5.75 Å². The standard InChI is InChI=1S/C18H16N4O2/c1-24-15-8-6-7-14(13-15)21-18(23)22(16-9-2-4-11-19-16)17-10-3-5-12-20-17/h2-13H,1H3,(H,21,23). The second kappa shape index (κ2) is 7.23. The molecule has 0 bridgehead atoms. The van der Waals surface area contributed by atoms with Crippen molar-refractivity contribution in [1.82, 2.24) is 9.97 Å². The fraction of sp³-hybridized carbons (Fsp3) is 0.0556. The molecule has 0 fully saturated rings. The minimum Gasteiger partial charge on any atom is -0.497 e. The van der Waals surface area contributed by atoms with Crippen LogP contribution in [0.25, 0.3) is 0 Å². The average Bonchev–Trinajstić information content (AvgIpc) is 2.64. The van der Waals surface area contributed by atoms with E-state index in [0.29, 0.717) is 23.1 Å². The Balaban J connectivity index is 1.92. The quantitative estimate of drug-likeness (QED) is 0.792. The Morgan fingerprint density at radius 1 is 0.958 bits per heavy atom. The van der Waals surface area contributed by atoms with Crippen molar-refractivity contribution in [2.75, 3.05) is 17.3 Å². The fourth-order valence-electron chi connectivity index (χ4n) is 2.18. The molecule has 3 rings (SSSR count). The Labute approximate surface area is 139 Å². The zero-order valence-corrected chi connectivity index (χ0v) is 13.1. The van der Waals surface area contributed by atoms with Gasteiger partial charge in [-0.25, -0.2) is 19.7 Å². The van der Waals surface area contributed by atoms with Crippen LogP contribution in [0.15, 0.2) is 73.1 Å². The van der Waals surface area contributed by atoms with Gasteiger partial charge in [0.1, 0.15) is 17.4 Å². The maximum absolute atomic E-state index is 12.8. The Morgan fingerprint density at radius 2 is 1.62 bits per heavy atom. The van der Waals surface area contributed by atoms with E-state index in [1.807, 2.05) is 18.2 Å². The van der Waals surface area contributed by atoms with E-state index in [4.69, 9.17) is 4.74 Å². The molecule has 2 aromatic heterocycles. The van der Waals surface area contributed by atoms with Gasteiger partial charge >= 0.3 is 6.03 Å². The van der Waals surface area contributed by atoms with Crippen molar-refractivity contribution in [2.24, 2.45) is 0 Å². The smallest absolute Gasteiger partial charge is 0.333 e. The molecule has 2 heterocycles. The van der Waals surface area contributed by atoms with Crippen LogP contribution in [0.4, 0.5) is 22.1 Å². The minimum atomic E-state index is -0.361. The number of nitrogens with one attached hydrogen (secondary N) is 1. The molecule has 3 aromatic rings. The number of aromatic nitrogens is 2. The predicted octanol–water partition coefficient (Wildman–Crippen LogP) is 3.86. The number of amides is 2. The molecular weight excluding hydrogens is 304 g/mol. The van der Waals surface area contributed by atoms with E-state index in [-0.39, 0.29) is 6.03 Å². The summed E-state index contributed by atoms with van der Waals surface area (Å²) in [6, 6.07) is 17.5. The van der Waals surface area contributed by atoms with Crippen LogP contribution in [-0.4, -0.2) is 23.1 Å². The molecule has 1 N–H and O–H groups in total. The van der Waals surface area contributed by atoms with Crippen molar-refractivity contribution in [3.63, 3.8) is 0 Å². The Hall–Kier alpha value is -3.41. The number of anilines is 3. The molecule has 24 heavy (non-hydrogen) atoms. The van der Waals surface area contributed by atoms with Gasteiger partial charge in [0.2, 0.25) is 0 Å². The molecule has 1 aromatic carbocycles. The first-order chi connectivity index (χ1) is 11.8. The summed E-state index contributed by atoms with van der Waals surface area (Å²) in [5.41, 5.74) is 0.621. The molecule has 0 saturated carbocycles. The molecule has 120 valence electrons. The lowest BCUT2D eigenvalue weighted by atomic mass is 10.3. The van der Waals surface area contributed by atoms with Crippen LogP contribution in [0, 0.1) is 0 Å². The number of urea groups is 1. The Bertz CT molecular complexity index is 770. The summed E-state index contributed by atoms with van der Waals surface area (Å²) >= 11 is 0. The lowest BCUT2D eigenvalue weighted by Crippen LogP contribution is -2.32. The van der Waals surface area contributed by atoms with E-state index in [1.165, 1.54) is 4.90 Å². The van der Waals surface area contributed by atoms with E-state index in [0.717, 1.165) is 0 Å². The number of nitrogens with zero attached hydrogens (tertiary/aromatic N) is 3. The predicted molar refractivity (Wildman–Crippen MR) is 92.6 cm³/mol. The molecule has 0 radical (unpaired) electrons. The first kappa shape index (κ1) is 15.5. The molecule has 0 aliphatic rings. The number of benzene rings is 1. The number of rotatable bonds is 4. The van der Waals surface area contributed by atoms with Gasteiger partial charge in [0.15, 0.2) is 0 Å². The maximum Gasteiger partial charge on any atom is 0.333 e. The van der Waals surface area contributed by atoms with E-state index in [1.54, 1.807) is 62.0 Å². The van der Waals surface area contributed by atoms with Gasteiger partial charge in [-0.3, -0.25) is 0 Å². The molecule has 0 saturated heterocycles. The van der Waals surface area contributed by atoms with Crippen LogP contribution < -0.4 is 15.0 Å². The van der Waals surface area contributed by atoms with Crippen molar-refractivity contribution >= 4 is 23.4 Å². The van der Waals surface area contributed by atoms with E-state index >= 15 is 0 Å². The van der Waals surface area contributed by atoms with Gasteiger partial charge in [-0.1, -0.05) is 18.2 Å². The first-order valence-corrected chi connectivity index (χ1v) is 7.35. The number of methoxy groups -OCH3 is 1. The van der Waals surface area contributed by atoms with E-state index in [9.17, 15) is 4.79 Å². The second-order valence-electron chi connectivity index (χ2n) is 4.87. The third kappa shape index (κ3) is 3.49. The summed E-state index contributed by atoms with van der Waals surface area (Å²) < 4.78 is 5.18. The van der Waals surface area contributed by atoms with E-state index < -0.39 is 0 Å². The van der Waals surface area contributed by atoms with Crippen molar-refractivity contribution in [3.05, 3.63) is 73.1 Å². The van der Waals surface area contributed by atoms with Gasteiger partial charge in [0.25, 0.3) is 0 Å². The number of ether oxygens (including phenoxy) is 1. The minimum absolute atomic E-state index is 0.361. The molecule has 0 unspecified atom stereocenters. The highest BCUT2D eigenvalue weighted by Crippen LogP contribution is 2.23. The lowest BCUT2D eigenvalue weighted by molar-refractivity contribution is 0.258. The topological polar surface area (TPSA) is 67.3 Å². The number of carbonyl (C=O) groups excluding carboxylic acids is 1. The highest BCUT2D eigenvalue weighted by molar-refractivity contribution is 6.05. The van der Waals surface area contributed by atoms with E-state index in [2.05, 4.69) is 15.3 Å². The maximum atomic E-state index is 12.8. The van der Waals surface area contributed by atoms with Crippen LogP contribution >= 0.6 is 0 Å². The molecule has 2 amide bonds. The van der Waals surface area contributed by atoms with Crippen LogP contribution in [0.2, 0.25) is 0 Å². The SMILES string of the molecule is COc1cccc(NC(=O)N(c2ccccn2)c2ccccn2)c1. The summed E-state index contributed by atoms with van der Waals surface area (Å²) in [5, 5.41) is 2.84. The Kier molecular flexibility index (Phi) is 4.67. The normalized spacial score (nSPS) is 10.0. The molecule has 6 nitrogen and oxygen atoms in total. The van der Waals surface area contributed by atoms with Crippen molar-refractivity contribution < 1.29 is 9.53 Å². The van der Waals surface area contributed by atoms with Gasteiger partial charge in [-0.15, -0.1) is 0 Å². The number of carbonyl (C=O) groups is 1. The highest BCUT2D eigenvalue weighted by atomic mass is 16.5. The van der Waals surface area contributed by atoms with Crippen molar-refractivity contribution in [1.29, 1.82) is 0 Å². The molecular formula is C18H16N4O2. The summed E-state index contributed by atoms with van der Waals surface area (Å²) in [5.74, 6) is 1.63. The molecule has 0 atom stereocenters. The average molecular weight is 320 g/mol. The third-order valence-corrected chi connectivity index (χ3v) is 3.28. The van der Waals surface area contributed by atoms with Gasteiger partial charge in [0, 0.05) is 24.1 Å². The zero-order valence-electron chi connectivity index (χ0n) is 13.1. The molecule has 6 heteroatoms. The van der Waals surface area contributed by atoms with Gasteiger partial charge in [-0.2, -0.15) is 0 Å². The van der Waals surface area contributed by atoms with Crippen molar-refractivity contribution in [2.45, 2.75) is 0 Å². The molecule has 0 aliphatic heterocycles. The van der Waals surface area contributed by atoms with Crippen LogP contribution in [0.3, 0.4) is 0 Å². The number of hydrogen-bond donors (Lipinski definition) is 1. The zero-order chi connectivity index (χ0) is 16.8. The van der Waals surface area contributed by atoms with Gasteiger partial charge in [-0.05, 0) is 36.4 Å². The lowest BCUT2D eigenvalue weighted by Gasteiger charge is -2.21. The van der Waals surface area contributed by atoms with Crippen LogP contribution in [0.1, 0.15) is 0 Å². The largest absolute Gasteiger partial charge is 0.497 e. The first-order valence-electron chi connectivity index (χ1n) is 7.35. The summed E-state index contributed by atoms with van der Waals surface area (Å²) in [7, 11) is 1.58. The van der Waals surface area contributed by atoms with Gasteiger partial charge in [0.05, 0.1) is 7.11 Å². The van der Waals surface area contributed by atoms with Crippen LogP contribution in [-0.2, 0) is 0 Å². The Morgan fingerprint density at radius 3 is 2.17 bits per heavy atom. The summed E-state index contributed by atoms with van der Waals surface area (Å²) in [6.45, 7) is 0. The third-order valence-electron chi connectivity index (χ3n) is 3.28. The number of hydrogen-bond acceptors (Lipinski definition) is 4. The van der Waals surface area contributed by atoms with Crippen LogP contribution in [0.5, 0.6) is 5.75 Å². The fourth-order valence-corrected chi connectivity index (χ4v) is 2.18. The van der Waals surface area contributed by atoms with Gasteiger partial charge < -0.3 is 10.1 Å². The molecule has 0 aliphatic carbocycles. The molecule has 0 spiro atoms. The monoisotopic (exact) mass is 320 g/mol. The second-order valence-corrected chi connectivity index (χ2v) is 4.87. The number of pyridine rings is 2.